The number of likely N-dealkylation sites (tertiary alicyclic amines) is 1. The lowest BCUT2D eigenvalue weighted by Crippen LogP contribution is -2.56. The molecule has 1 aliphatic heterocycles. The Hall–Kier alpha value is -3.04. The van der Waals surface area contributed by atoms with Crippen molar-refractivity contribution >= 4 is 19.0 Å². The molecule has 1 heterocycles. The van der Waals surface area contributed by atoms with Crippen molar-refractivity contribution in [3.8, 4) is 11.5 Å². The molecule has 9 heteroatoms. The molecule has 1 amide bonds. The first kappa shape index (κ1) is 21.7. The second-order valence-electron chi connectivity index (χ2n) is 7.30. The summed E-state index contributed by atoms with van der Waals surface area (Å²) < 4.78 is 5.71. The molecule has 2 aromatic carbocycles. The Morgan fingerprint density at radius 2 is 1.77 bits per heavy atom. The molecule has 1 fully saturated rings. The molecule has 1 saturated heterocycles. The Morgan fingerprint density at radius 1 is 1.07 bits per heavy atom. The van der Waals surface area contributed by atoms with Gasteiger partial charge in [0.15, 0.2) is 0 Å². The van der Waals surface area contributed by atoms with Crippen LogP contribution in [0.4, 0.5) is 0 Å². The number of nitrogens with zero attached hydrogens (tertiary/aromatic N) is 1. The summed E-state index contributed by atoms with van der Waals surface area (Å²) in [6.07, 6.45) is 0.770. The first-order valence-corrected chi connectivity index (χ1v) is 9.77. The van der Waals surface area contributed by atoms with Gasteiger partial charge in [-0.2, -0.15) is 0 Å². The zero-order chi connectivity index (χ0) is 21.7. The number of rotatable bonds is 9. The molecule has 3 rings (SSSR count). The average molecular weight is 413 g/mol. The highest BCUT2D eigenvalue weighted by Gasteiger charge is 2.33. The third-order valence-electron chi connectivity index (χ3n) is 5.07. The largest absolute Gasteiger partial charge is 0.507 e. The first-order chi connectivity index (χ1) is 14.3. The van der Waals surface area contributed by atoms with Gasteiger partial charge in [-0.25, -0.2) is 4.79 Å². The maximum Gasteiger partial charge on any atom is 0.451 e. The van der Waals surface area contributed by atoms with Crippen molar-refractivity contribution < 1.29 is 34.6 Å². The standard InChI is InChI=1S/C21H24BNO7/c24-18(9-6-14-4-2-1-3-5-14)23-12-16(13-23)30-17-8-7-15(10-11-22(28)29)20(25)19(17)21(26)27/h1-5,7-8,16,25,28-29H,6,9-13H2,(H,26,27). The number of carboxylic acid groups (broad SMARTS) is 1. The zero-order valence-corrected chi connectivity index (χ0v) is 16.4. The number of carboxylic acids is 1. The van der Waals surface area contributed by atoms with Crippen molar-refractivity contribution in [1.29, 1.82) is 0 Å². The lowest BCUT2D eigenvalue weighted by atomic mass is 9.82. The van der Waals surface area contributed by atoms with E-state index in [4.69, 9.17) is 14.8 Å². The number of benzene rings is 2. The Balaban J connectivity index is 1.56. The summed E-state index contributed by atoms with van der Waals surface area (Å²) >= 11 is 0. The zero-order valence-electron chi connectivity index (χ0n) is 16.4. The summed E-state index contributed by atoms with van der Waals surface area (Å²) in [5.41, 5.74) is 1.02. The SMILES string of the molecule is O=C(O)c1c(OC2CN(C(=O)CCc3ccccc3)C2)ccc(CCB(O)O)c1O. The Kier molecular flexibility index (Phi) is 6.97. The number of ether oxygens (including phenoxy) is 1. The topological polar surface area (TPSA) is 128 Å². The molecule has 2 aromatic rings. The van der Waals surface area contributed by atoms with Gasteiger partial charge in [-0.1, -0.05) is 36.4 Å². The van der Waals surface area contributed by atoms with Gasteiger partial charge in [0.25, 0.3) is 0 Å². The third-order valence-corrected chi connectivity index (χ3v) is 5.07. The molecule has 30 heavy (non-hydrogen) atoms. The summed E-state index contributed by atoms with van der Waals surface area (Å²) in [6, 6.07) is 12.7. The van der Waals surface area contributed by atoms with Gasteiger partial charge < -0.3 is 29.9 Å². The minimum atomic E-state index is -1.55. The summed E-state index contributed by atoms with van der Waals surface area (Å²) in [5, 5.41) is 37.7. The van der Waals surface area contributed by atoms with Crippen molar-refractivity contribution in [2.24, 2.45) is 0 Å². The first-order valence-electron chi connectivity index (χ1n) is 9.77. The molecule has 0 bridgehead atoms. The molecule has 4 N–H and O–H groups in total. The van der Waals surface area contributed by atoms with Crippen LogP contribution < -0.4 is 4.74 Å². The van der Waals surface area contributed by atoms with Crippen LogP contribution in [0, 0.1) is 0 Å². The van der Waals surface area contributed by atoms with E-state index >= 15 is 0 Å². The lowest BCUT2D eigenvalue weighted by molar-refractivity contribution is -0.139. The van der Waals surface area contributed by atoms with E-state index in [1.165, 1.54) is 12.1 Å². The van der Waals surface area contributed by atoms with Crippen LogP contribution in [0.1, 0.15) is 27.9 Å². The molecular formula is C21H24BNO7. The maximum absolute atomic E-state index is 12.3. The predicted octanol–water partition coefficient (Wildman–Crippen LogP) is 1.33. The fourth-order valence-electron chi connectivity index (χ4n) is 3.36. The monoisotopic (exact) mass is 413 g/mol. The van der Waals surface area contributed by atoms with E-state index in [9.17, 15) is 19.8 Å². The van der Waals surface area contributed by atoms with Crippen LogP contribution in [-0.4, -0.2) is 63.3 Å². The number of hydrogen-bond acceptors (Lipinski definition) is 6. The number of amides is 1. The highest BCUT2D eigenvalue weighted by Crippen LogP contribution is 2.34. The highest BCUT2D eigenvalue weighted by molar-refractivity contribution is 6.41. The minimum Gasteiger partial charge on any atom is -0.507 e. The normalized spacial score (nSPS) is 13.6. The van der Waals surface area contributed by atoms with Crippen molar-refractivity contribution in [3.05, 3.63) is 59.2 Å². The van der Waals surface area contributed by atoms with E-state index in [1.54, 1.807) is 4.90 Å². The van der Waals surface area contributed by atoms with Gasteiger partial charge in [-0.15, -0.1) is 0 Å². The minimum absolute atomic E-state index is 0.0120. The molecule has 0 aliphatic carbocycles. The summed E-state index contributed by atoms with van der Waals surface area (Å²) in [4.78, 5) is 25.6. The Morgan fingerprint density at radius 3 is 2.40 bits per heavy atom. The number of phenols is 1. The van der Waals surface area contributed by atoms with E-state index in [-0.39, 0.29) is 36.1 Å². The van der Waals surface area contributed by atoms with Crippen molar-refractivity contribution in [2.75, 3.05) is 13.1 Å². The third kappa shape index (κ3) is 5.31. The van der Waals surface area contributed by atoms with Gasteiger partial charge in [0, 0.05) is 6.42 Å². The number of carbonyl (C=O) groups is 2. The lowest BCUT2D eigenvalue weighted by Gasteiger charge is -2.39. The maximum atomic E-state index is 12.3. The van der Waals surface area contributed by atoms with Crippen LogP contribution in [0.15, 0.2) is 42.5 Å². The molecule has 0 atom stereocenters. The van der Waals surface area contributed by atoms with Crippen LogP contribution in [0.5, 0.6) is 11.5 Å². The number of aromatic carboxylic acids is 1. The fraction of sp³-hybridized carbons (Fsp3) is 0.333. The molecule has 8 nitrogen and oxygen atoms in total. The molecular weight excluding hydrogens is 389 g/mol. The fourth-order valence-corrected chi connectivity index (χ4v) is 3.36. The average Bonchev–Trinajstić information content (AvgIpc) is 2.68. The van der Waals surface area contributed by atoms with Crippen LogP contribution in [0.3, 0.4) is 0 Å². The summed E-state index contributed by atoms with van der Waals surface area (Å²) in [7, 11) is -1.55. The molecule has 1 aliphatic rings. The predicted molar refractivity (Wildman–Crippen MR) is 110 cm³/mol. The highest BCUT2D eigenvalue weighted by atomic mass is 16.5. The molecule has 0 saturated carbocycles. The van der Waals surface area contributed by atoms with Gasteiger partial charge in [-0.05, 0) is 36.4 Å². The number of aromatic hydroxyl groups is 1. The molecule has 0 unspecified atom stereocenters. The van der Waals surface area contributed by atoms with Gasteiger partial charge >= 0.3 is 13.1 Å². The molecule has 0 radical (unpaired) electrons. The van der Waals surface area contributed by atoms with E-state index in [0.29, 0.717) is 31.5 Å². The summed E-state index contributed by atoms with van der Waals surface area (Å²) in [6.45, 7) is 0.706. The van der Waals surface area contributed by atoms with E-state index in [1.807, 2.05) is 30.3 Å². The van der Waals surface area contributed by atoms with E-state index in [2.05, 4.69) is 0 Å². The van der Waals surface area contributed by atoms with Gasteiger partial charge in [0.2, 0.25) is 5.91 Å². The van der Waals surface area contributed by atoms with Crippen LogP contribution in [0.25, 0.3) is 0 Å². The second-order valence-corrected chi connectivity index (χ2v) is 7.30. The molecule has 158 valence electrons. The quantitative estimate of drug-likeness (QED) is 0.457. The smallest absolute Gasteiger partial charge is 0.451 e. The van der Waals surface area contributed by atoms with Crippen molar-refractivity contribution in [3.63, 3.8) is 0 Å². The molecule has 0 aromatic heterocycles. The van der Waals surface area contributed by atoms with E-state index in [0.717, 1.165) is 5.56 Å². The molecule has 0 spiro atoms. The van der Waals surface area contributed by atoms with Crippen molar-refractivity contribution in [2.45, 2.75) is 31.7 Å². The van der Waals surface area contributed by atoms with Crippen LogP contribution in [0.2, 0.25) is 6.32 Å². The van der Waals surface area contributed by atoms with Gasteiger partial charge in [-0.3, -0.25) is 4.79 Å². The Bertz CT molecular complexity index is 898. The van der Waals surface area contributed by atoms with Gasteiger partial charge in [0.1, 0.15) is 23.2 Å². The summed E-state index contributed by atoms with van der Waals surface area (Å²) in [5.74, 6) is -1.76. The second kappa shape index (κ2) is 9.64. The number of aryl methyl sites for hydroxylation is 2. The van der Waals surface area contributed by atoms with Gasteiger partial charge in [0.05, 0.1) is 13.1 Å². The van der Waals surface area contributed by atoms with E-state index < -0.39 is 18.8 Å². The van der Waals surface area contributed by atoms with Crippen LogP contribution >= 0.6 is 0 Å². The van der Waals surface area contributed by atoms with Crippen LogP contribution in [-0.2, 0) is 17.6 Å². The number of hydrogen-bond donors (Lipinski definition) is 4. The number of carbonyl (C=O) groups excluding carboxylic acids is 1. The Labute approximate surface area is 174 Å². The van der Waals surface area contributed by atoms with Crippen molar-refractivity contribution in [1.82, 2.24) is 4.90 Å².